The molecule has 0 radical (unpaired) electrons. The van der Waals surface area contributed by atoms with E-state index in [0.29, 0.717) is 12.1 Å². The highest BCUT2D eigenvalue weighted by atomic mass is 19.1. The van der Waals surface area contributed by atoms with E-state index >= 15 is 0 Å². The van der Waals surface area contributed by atoms with Gasteiger partial charge in [0.25, 0.3) is 0 Å². The molecule has 0 heterocycles. The summed E-state index contributed by atoms with van der Waals surface area (Å²) in [6, 6.07) is 9.54. The molecule has 1 N–H and O–H groups in total. The number of hydrogen-bond donors (Lipinski definition) is 1. The van der Waals surface area contributed by atoms with Crippen LogP contribution < -0.4 is 5.32 Å². The van der Waals surface area contributed by atoms with Crippen LogP contribution in [0.15, 0.2) is 36.4 Å². The molecule has 0 fully saturated rings. The molecule has 0 saturated heterocycles. The van der Waals surface area contributed by atoms with Crippen LogP contribution in [0.2, 0.25) is 0 Å². The Kier molecular flexibility index (Phi) is 4.27. The third kappa shape index (κ3) is 2.99. The Morgan fingerprint density at radius 1 is 1.05 bits per heavy atom. The number of nitrogens with one attached hydrogen (secondary N) is 1. The summed E-state index contributed by atoms with van der Waals surface area (Å²) in [6.45, 7) is 5.20. The van der Waals surface area contributed by atoms with E-state index in [1.54, 1.807) is 19.1 Å². The Morgan fingerprint density at radius 3 is 2.58 bits per heavy atom. The molecule has 3 heteroatoms. The van der Waals surface area contributed by atoms with Gasteiger partial charge in [-0.05, 0) is 53.9 Å². The average molecular weight is 261 g/mol. The van der Waals surface area contributed by atoms with Crippen molar-refractivity contribution in [2.45, 2.75) is 20.4 Å². The molecule has 0 aliphatic carbocycles. The van der Waals surface area contributed by atoms with Crippen molar-refractivity contribution in [1.82, 2.24) is 5.32 Å². The maximum Gasteiger partial charge on any atom is 0.126 e. The minimum Gasteiger partial charge on any atom is -0.313 e. The molecule has 0 saturated carbocycles. The van der Waals surface area contributed by atoms with E-state index in [0.717, 1.165) is 23.2 Å². The molecule has 0 amide bonds. The van der Waals surface area contributed by atoms with Crippen molar-refractivity contribution in [3.63, 3.8) is 0 Å². The van der Waals surface area contributed by atoms with Crippen LogP contribution in [0.1, 0.15) is 18.1 Å². The van der Waals surface area contributed by atoms with E-state index in [1.165, 1.54) is 18.2 Å². The predicted octanol–water partition coefficient (Wildman–Crippen LogP) is 4.05. The van der Waals surface area contributed by atoms with Crippen molar-refractivity contribution in [3.05, 3.63) is 59.2 Å². The first-order valence-electron chi connectivity index (χ1n) is 6.38. The fourth-order valence-electron chi connectivity index (χ4n) is 2.11. The zero-order chi connectivity index (χ0) is 13.8. The second kappa shape index (κ2) is 5.93. The molecule has 0 aromatic heterocycles. The summed E-state index contributed by atoms with van der Waals surface area (Å²) >= 11 is 0. The molecular formula is C16H17F2N. The second-order valence-electron chi connectivity index (χ2n) is 4.49. The quantitative estimate of drug-likeness (QED) is 0.875. The topological polar surface area (TPSA) is 12.0 Å². The first-order valence-corrected chi connectivity index (χ1v) is 6.38. The lowest BCUT2D eigenvalue weighted by molar-refractivity contribution is 0.618. The van der Waals surface area contributed by atoms with Crippen LogP contribution in [0, 0.1) is 18.6 Å². The standard InChI is InChI=1S/C16H17F2N/c1-3-19-10-12-7-8-13(17)9-15(12)14-5-4-6-16(18)11(14)2/h4-9,19H,3,10H2,1-2H3. The van der Waals surface area contributed by atoms with Crippen molar-refractivity contribution in [3.8, 4) is 11.1 Å². The van der Waals surface area contributed by atoms with Gasteiger partial charge in [0, 0.05) is 6.54 Å². The molecule has 2 aromatic carbocycles. The zero-order valence-corrected chi connectivity index (χ0v) is 11.1. The molecule has 0 spiro atoms. The largest absolute Gasteiger partial charge is 0.313 e. The Labute approximate surface area is 112 Å². The van der Waals surface area contributed by atoms with Crippen LogP contribution in [0.3, 0.4) is 0 Å². The molecule has 0 atom stereocenters. The maximum atomic E-state index is 13.6. The van der Waals surface area contributed by atoms with Gasteiger partial charge in [-0.1, -0.05) is 25.1 Å². The fraction of sp³-hybridized carbons (Fsp3) is 0.250. The van der Waals surface area contributed by atoms with Crippen LogP contribution in [0.5, 0.6) is 0 Å². The molecule has 2 rings (SSSR count). The lowest BCUT2D eigenvalue weighted by Gasteiger charge is -2.13. The molecule has 0 aliphatic rings. The first-order chi connectivity index (χ1) is 9.13. The summed E-state index contributed by atoms with van der Waals surface area (Å²) in [7, 11) is 0. The van der Waals surface area contributed by atoms with Crippen molar-refractivity contribution < 1.29 is 8.78 Å². The summed E-state index contributed by atoms with van der Waals surface area (Å²) in [5.74, 6) is -0.574. The van der Waals surface area contributed by atoms with Gasteiger partial charge >= 0.3 is 0 Å². The lowest BCUT2D eigenvalue weighted by Crippen LogP contribution is -2.12. The van der Waals surface area contributed by atoms with E-state index in [4.69, 9.17) is 0 Å². The zero-order valence-electron chi connectivity index (χ0n) is 11.1. The summed E-state index contributed by atoms with van der Waals surface area (Å²) in [6.07, 6.45) is 0. The fourth-order valence-corrected chi connectivity index (χ4v) is 2.11. The van der Waals surface area contributed by atoms with E-state index in [-0.39, 0.29) is 11.6 Å². The third-order valence-electron chi connectivity index (χ3n) is 3.20. The highest BCUT2D eigenvalue weighted by Crippen LogP contribution is 2.29. The SMILES string of the molecule is CCNCc1ccc(F)cc1-c1cccc(F)c1C. The number of rotatable bonds is 4. The van der Waals surface area contributed by atoms with E-state index in [2.05, 4.69) is 5.32 Å². The average Bonchev–Trinajstić information content (AvgIpc) is 2.40. The van der Waals surface area contributed by atoms with Crippen molar-refractivity contribution in [2.24, 2.45) is 0 Å². The minimum absolute atomic E-state index is 0.267. The van der Waals surface area contributed by atoms with Crippen molar-refractivity contribution in [1.29, 1.82) is 0 Å². The third-order valence-corrected chi connectivity index (χ3v) is 3.20. The van der Waals surface area contributed by atoms with Gasteiger partial charge in [-0.25, -0.2) is 8.78 Å². The highest BCUT2D eigenvalue weighted by Gasteiger charge is 2.11. The Bertz CT molecular complexity index is 579. The van der Waals surface area contributed by atoms with Crippen LogP contribution >= 0.6 is 0 Å². The van der Waals surface area contributed by atoms with Crippen molar-refractivity contribution >= 4 is 0 Å². The number of halogens is 2. The van der Waals surface area contributed by atoms with Gasteiger partial charge in [0.05, 0.1) is 0 Å². The van der Waals surface area contributed by atoms with Crippen LogP contribution in [0.4, 0.5) is 8.78 Å². The molecular weight excluding hydrogens is 244 g/mol. The van der Waals surface area contributed by atoms with Crippen LogP contribution in [-0.4, -0.2) is 6.54 Å². The van der Waals surface area contributed by atoms with Crippen molar-refractivity contribution in [2.75, 3.05) is 6.54 Å². The first kappa shape index (κ1) is 13.7. The molecule has 19 heavy (non-hydrogen) atoms. The Balaban J connectivity index is 2.53. The molecule has 0 unspecified atom stereocenters. The molecule has 0 aliphatic heterocycles. The van der Waals surface area contributed by atoms with Gasteiger partial charge in [0.15, 0.2) is 0 Å². The van der Waals surface area contributed by atoms with Crippen LogP contribution in [-0.2, 0) is 6.54 Å². The number of benzene rings is 2. The Morgan fingerprint density at radius 2 is 1.84 bits per heavy atom. The Hall–Kier alpha value is -1.74. The molecule has 2 aromatic rings. The minimum atomic E-state index is -0.307. The van der Waals surface area contributed by atoms with Gasteiger partial charge in [-0.15, -0.1) is 0 Å². The molecule has 1 nitrogen and oxygen atoms in total. The van der Waals surface area contributed by atoms with Crippen LogP contribution in [0.25, 0.3) is 11.1 Å². The predicted molar refractivity (Wildman–Crippen MR) is 73.9 cm³/mol. The van der Waals surface area contributed by atoms with E-state index in [9.17, 15) is 8.78 Å². The number of hydrogen-bond acceptors (Lipinski definition) is 1. The second-order valence-corrected chi connectivity index (χ2v) is 4.49. The highest BCUT2D eigenvalue weighted by molar-refractivity contribution is 5.70. The van der Waals surface area contributed by atoms with Gasteiger partial charge in [0.1, 0.15) is 11.6 Å². The van der Waals surface area contributed by atoms with Gasteiger partial charge < -0.3 is 5.32 Å². The van der Waals surface area contributed by atoms with E-state index in [1.807, 2.05) is 13.0 Å². The lowest BCUT2D eigenvalue weighted by atomic mass is 9.95. The van der Waals surface area contributed by atoms with Gasteiger partial charge in [-0.3, -0.25) is 0 Å². The van der Waals surface area contributed by atoms with E-state index < -0.39 is 0 Å². The molecule has 0 bridgehead atoms. The monoisotopic (exact) mass is 261 g/mol. The summed E-state index contributed by atoms with van der Waals surface area (Å²) < 4.78 is 27.1. The summed E-state index contributed by atoms with van der Waals surface area (Å²) in [5.41, 5.74) is 3.01. The summed E-state index contributed by atoms with van der Waals surface area (Å²) in [4.78, 5) is 0. The van der Waals surface area contributed by atoms with Gasteiger partial charge in [-0.2, -0.15) is 0 Å². The summed E-state index contributed by atoms with van der Waals surface area (Å²) in [5, 5.41) is 3.21. The molecule has 100 valence electrons. The normalized spacial score (nSPS) is 10.7. The maximum absolute atomic E-state index is 13.6. The smallest absolute Gasteiger partial charge is 0.126 e. The van der Waals surface area contributed by atoms with Gasteiger partial charge in [0.2, 0.25) is 0 Å².